The number of hydrogen-bond acceptors (Lipinski definition) is 2. The first kappa shape index (κ1) is 11.2. The molecule has 0 aliphatic heterocycles. The summed E-state index contributed by atoms with van der Waals surface area (Å²) < 4.78 is 18.5. The number of ether oxygens (including phenoxy) is 1. The molecule has 0 saturated carbocycles. The van der Waals surface area contributed by atoms with Crippen LogP contribution in [0.1, 0.15) is 5.56 Å². The average molecular weight is 260 g/mol. The number of rotatable bonds is 3. The molecule has 0 heterocycles. The summed E-state index contributed by atoms with van der Waals surface area (Å²) in [5, 5.41) is 0. The zero-order chi connectivity index (χ0) is 10.6. The Morgan fingerprint density at radius 1 is 1.57 bits per heavy atom. The van der Waals surface area contributed by atoms with Crippen LogP contribution in [-0.2, 0) is 0 Å². The topological polar surface area (TPSA) is 35.2 Å². The molecule has 0 radical (unpaired) electrons. The summed E-state index contributed by atoms with van der Waals surface area (Å²) >= 11 is 3.11. The highest BCUT2D eigenvalue weighted by Gasteiger charge is 2.07. The normalized spacial score (nSPS) is 10.9. The van der Waals surface area contributed by atoms with E-state index in [4.69, 9.17) is 10.5 Å². The summed E-state index contributed by atoms with van der Waals surface area (Å²) in [4.78, 5) is 0. The van der Waals surface area contributed by atoms with Gasteiger partial charge in [-0.15, -0.1) is 0 Å². The van der Waals surface area contributed by atoms with E-state index in [1.807, 2.05) is 6.08 Å². The summed E-state index contributed by atoms with van der Waals surface area (Å²) in [6, 6.07) is 3.29. The van der Waals surface area contributed by atoms with Gasteiger partial charge in [-0.25, -0.2) is 4.39 Å². The van der Waals surface area contributed by atoms with Crippen molar-refractivity contribution in [1.82, 2.24) is 0 Å². The summed E-state index contributed by atoms with van der Waals surface area (Å²) in [5.74, 6) is -0.173. The van der Waals surface area contributed by atoms with Crippen molar-refractivity contribution in [1.29, 1.82) is 0 Å². The predicted octanol–water partition coefficient (Wildman–Crippen LogP) is 2.57. The van der Waals surface area contributed by atoms with E-state index in [0.717, 1.165) is 5.56 Å². The lowest BCUT2D eigenvalue weighted by Gasteiger charge is -2.04. The smallest absolute Gasteiger partial charge is 0.179 e. The minimum atomic E-state index is -0.391. The second kappa shape index (κ2) is 5.12. The van der Waals surface area contributed by atoms with E-state index in [1.165, 1.54) is 7.11 Å². The van der Waals surface area contributed by atoms with E-state index in [1.54, 1.807) is 18.2 Å². The number of benzene rings is 1. The monoisotopic (exact) mass is 259 g/mol. The molecule has 0 fully saturated rings. The molecule has 0 aliphatic carbocycles. The molecule has 0 amide bonds. The zero-order valence-electron chi connectivity index (χ0n) is 7.76. The van der Waals surface area contributed by atoms with Gasteiger partial charge in [-0.1, -0.05) is 12.2 Å². The largest absolute Gasteiger partial charge is 0.494 e. The van der Waals surface area contributed by atoms with Gasteiger partial charge in [-0.2, -0.15) is 0 Å². The Labute approximate surface area is 90.7 Å². The van der Waals surface area contributed by atoms with Crippen molar-refractivity contribution in [2.45, 2.75) is 0 Å². The second-order valence-corrected chi connectivity index (χ2v) is 3.51. The van der Waals surface area contributed by atoms with Gasteiger partial charge < -0.3 is 10.5 Å². The van der Waals surface area contributed by atoms with Crippen LogP contribution in [-0.4, -0.2) is 13.7 Å². The molecule has 0 unspecified atom stereocenters. The molecule has 0 aliphatic rings. The number of halogens is 2. The Hall–Kier alpha value is -0.870. The molecule has 1 rings (SSSR count). The Kier molecular flexibility index (Phi) is 4.10. The van der Waals surface area contributed by atoms with Crippen molar-refractivity contribution in [2.75, 3.05) is 13.7 Å². The third-order valence-corrected chi connectivity index (χ3v) is 2.26. The highest BCUT2D eigenvalue weighted by molar-refractivity contribution is 9.10. The van der Waals surface area contributed by atoms with Crippen LogP contribution >= 0.6 is 15.9 Å². The Morgan fingerprint density at radius 3 is 2.86 bits per heavy atom. The highest BCUT2D eigenvalue weighted by atomic mass is 79.9. The van der Waals surface area contributed by atoms with E-state index in [0.29, 0.717) is 11.0 Å². The van der Waals surface area contributed by atoms with Crippen molar-refractivity contribution in [3.8, 4) is 5.75 Å². The van der Waals surface area contributed by atoms with Crippen LogP contribution in [0.3, 0.4) is 0 Å². The fourth-order valence-electron chi connectivity index (χ4n) is 1.03. The number of methoxy groups -OCH3 is 1. The highest BCUT2D eigenvalue weighted by Crippen LogP contribution is 2.27. The van der Waals surface area contributed by atoms with Gasteiger partial charge in [0.25, 0.3) is 0 Å². The van der Waals surface area contributed by atoms with Crippen molar-refractivity contribution in [3.05, 3.63) is 34.1 Å². The average Bonchev–Trinajstić information content (AvgIpc) is 2.19. The van der Waals surface area contributed by atoms with E-state index in [9.17, 15) is 4.39 Å². The van der Waals surface area contributed by atoms with Gasteiger partial charge in [-0.05, 0) is 33.6 Å². The number of nitrogens with two attached hydrogens (primary N) is 1. The molecule has 14 heavy (non-hydrogen) atoms. The SMILES string of the molecule is COc1cc(/C=C/CN)cc(Br)c1F. The van der Waals surface area contributed by atoms with Crippen LogP contribution in [0.5, 0.6) is 5.75 Å². The molecule has 0 atom stereocenters. The van der Waals surface area contributed by atoms with Gasteiger partial charge >= 0.3 is 0 Å². The van der Waals surface area contributed by atoms with Crippen LogP contribution in [0.25, 0.3) is 6.08 Å². The molecule has 76 valence electrons. The summed E-state index contributed by atoms with van der Waals surface area (Å²) in [6.07, 6.45) is 3.60. The molecule has 1 aromatic carbocycles. The molecule has 2 N–H and O–H groups in total. The molecule has 4 heteroatoms. The Bertz CT molecular complexity index is 352. The van der Waals surface area contributed by atoms with Gasteiger partial charge in [0.05, 0.1) is 11.6 Å². The van der Waals surface area contributed by atoms with Crippen molar-refractivity contribution in [3.63, 3.8) is 0 Å². The molecule has 2 nitrogen and oxygen atoms in total. The van der Waals surface area contributed by atoms with Crippen LogP contribution in [0, 0.1) is 5.82 Å². The van der Waals surface area contributed by atoms with E-state index in [2.05, 4.69) is 15.9 Å². The predicted molar refractivity (Wildman–Crippen MR) is 58.7 cm³/mol. The van der Waals surface area contributed by atoms with Crippen molar-refractivity contribution >= 4 is 22.0 Å². The van der Waals surface area contributed by atoms with Crippen molar-refractivity contribution < 1.29 is 9.13 Å². The first-order valence-corrected chi connectivity index (χ1v) is 4.88. The quantitative estimate of drug-likeness (QED) is 0.906. The lowest BCUT2D eigenvalue weighted by atomic mass is 10.2. The molecular weight excluding hydrogens is 249 g/mol. The molecule has 0 bridgehead atoms. The van der Waals surface area contributed by atoms with Crippen molar-refractivity contribution in [2.24, 2.45) is 5.73 Å². The number of hydrogen-bond donors (Lipinski definition) is 1. The van der Waals surface area contributed by atoms with Crippen LogP contribution in [0.4, 0.5) is 4.39 Å². The third-order valence-electron chi connectivity index (χ3n) is 1.68. The van der Waals surface area contributed by atoms with Gasteiger partial charge in [-0.3, -0.25) is 0 Å². The standard InChI is InChI=1S/C10H11BrFNO/c1-14-9-6-7(3-2-4-13)5-8(11)10(9)12/h2-3,5-6H,4,13H2,1H3/b3-2+. The van der Waals surface area contributed by atoms with Gasteiger partial charge in [0.2, 0.25) is 0 Å². The molecule has 1 aromatic rings. The summed E-state index contributed by atoms with van der Waals surface area (Å²) in [6.45, 7) is 0.456. The lowest BCUT2D eigenvalue weighted by molar-refractivity contribution is 0.385. The van der Waals surface area contributed by atoms with Crippen LogP contribution in [0.15, 0.2) is 22.7 Å². The first-order valence-electron chi connectivity index (χ1n) is 4.08. The van der Waals surface area contributed by atoms with Gasteiger partial charge in [0.15, 0.2) is 11.6 Å². The minimum absolute atomic E-state index is 0.219. The van der Waals surface area contributed by atoms with E-state index in [-0.39, 0.29) is 5.75 Å². The molecule has 0 aromatic heterocycles. The van der Waals surface area contributed by atoms with E-state index >= 15 is 0 Å². The maximum absolute atomic E-state index is 13.3. The summed E-state index contributed by atoms with van der Waals surface area (Å²) in [7, 11) is 1.43. The molecule has 0 spiro atoms. The Balaban J connectivity index is 3.09. The maximum Gasteiger partial charge on any atom is 0.179 e. The summed E-state index contributed by atoms with van der Waals surface area (Å²) in [5.41, 5.74) is 6.16. The fraction of sp³-hybridized carbons (Fsp3) is 0.200. The molecular formula is C10H11BrFNO. The third kappa shape index (κ3) is 2.56. The van der Waals surface area contributed by atoms with E-state index < -0.39 is 5.82 Å². The lowest BCUT2D eigenvalue weighted by Crippen LogP contribution is -1.93. The fourth-order valence-corrected chi connectivity index (χ4v) is 1.49. The van der Waals surface area contributed by atoms with Crippen LogP contribution in [0.2, 0.25) is 0 Å². The molecule has 0 saturated heterocycles. The van der Waals surface area contributed by atoms with Crippen LogP contribution < -0.4 is 10.5 Å². The first-order chi connectivity index (χ1) is 6.69. The maximum atomic E-state index is 13.3. The minimum Gasteiger partial charge on any atom is -0.494 e. The van der Waals surface area contributed by atoms with Gasteiger partial charge in [0.1, 0.15) is 0 Å². The second-order valence-electron chi connectivity index (χ2n) is 2.66. The van der Waals surface area contributed by atoms with Gasteiger partial charge in [0, 0.05) is 6.54 Å². The zero-order valence-corrected chi connectivity index (χ0v) is 9.34. The Morgan fingerprint density at radius 2 is 2.29 bits per heavy atom.